The Hall–Kier alpha value is -2.46. The second-order valence-electron chi connectivity index (χ2n) is 8.69. The summed E-state index contributed by atoms with van der Waals surface area (Å²) < 4.78 is 26.1. The second kappa shape index (κ2) is 8.23. The van der Waals surface area contributed by atoms with Crippen LogP contribution in [0.1, 0.15) is 43.7 Å². The van der Waals surface area contributed by atoms with Gasteiger partial charge in [-0.25, -0.2) is 17.5 Å². The fraction of sp³-hybridized carbons (Fsp3) is 0.571. The monoisotopic (exact) mass is 450 g/mol. The summed E-state index contributed by atoms with van der Waals surface area (Å²) in [6.07, 6.45) is 3.27. The summed E-state index contributed by atoms with van der Waals surface area (Å²) >= 11 is 0. The van der Waals surface area contributed by atoms with E-state index in [0.29, 0.717) is 23.2 Å². The van der Waals surface area contributed by atoms with Gasteiger partial charge in [0.25, 0.3) is 5.91 Å². The van der Waals surface area contributed by atoms with Crippen LogP contribution in [0.4, 0.5) is 10.5 Å². The number of benzene rings is 1. The topological polar surface area (TPSA) is 116 Å². The van der Waals surface area contributed by atoms with E-state index in [0.717, 1.165) is 28.5 Å². The molecule has 1 heterocycles. The van der Waals surface area contributed by atoms with Gasteiger partial charge in [-0.15, -0.1) is 0 Å². The minimum atomic E-state index is -3.69. The molecule has 1 aliphatic heterocycles. The predicted molar refractivity (Wildman–Crippen MR) is 116 cm³/mol. The van der Waals surface area contributed by atoms with Crippen molar-refractivity contribution in [3.8, 4) is 0 Å². The molecule has 0 radical (unpaired) electrons. The van der Waals surface area contributed by atoms with Crippen molar-refractivity contribution in [2.45, 2.75) is 56.9 Å². The maximum absolute atomic E-state index is 13.1. The number of hydrogen-bond acceptors (Lipinski definition) is 5. The van der Waals surface area contributed by atoms with Crippen LogP contribution in [0.25, 0.3) is 0 Å². The lowest BCUT2D eigenvalue weighted by Gasteiger charge is -2.36. The Bertz CT molecular complexity index is 1040. The highest BCUT2D eigenvalue weighted by molar-refractivity contribution is 7.89. The summed E-state index contributed by atoms with van der Waals surface area (Å²) in [5.41, 5.74) is 0.809. The largest absolute Gasteiger partial charge is 0.325 e. The molecule has 170 valence electrons. The van der Waals surface area contributed by atoms with E-state index in [4.69, 9.17) is 0 Å². The summed E-state index contributed by atoms with van der Waals surface area (Å²) in [5.74, 6) is -0.925. The molecule has 9 nitrogen and oxygen atoms in total. The number of rotatable bonds is 5. The number of carbonyl (C=O) groups excluding carboxylic acids is 3. The van der Waals surface area contributed by atoms with Crippen molar-refractivity contribution in [2.24, 2.45) is 5.92 Å². The molecule has 1 saturated carbocycles. The van der Waals surface area contributed by atoms with E-state index < -0.39 is 34.0 Å². The highest BCUT2D eigenvalue weighted by atomic mass is 32.2. The van der Waals surface area contributed by atoms with Crippen molar-refractivity contribution in [1.29, 1.82) is 0 Å². The third-order valence-corrected chi connectivity index (χ3v) is 8.29. The number of aryl methyl sites for hydroxylation is 1. The molecule has 2 unspecified atom stereocenters. The minimum absolute atomic E-state index is 0.00331. The number of urea groups is 1. The number of imide groups is 1. The van der Waals surface area contributed by atoms with Gasteiger partial charge in [0.15, 0.2) is 0 Å². The Morgan fingerprint density at radius 3 is 2.55 bits per heavy atom. The van der Waals surface area contributed by atoms with Crippen molar-refractivity contribution in [2.75, 3.05) is 26.0 Å². The van der Waals surface area contributed by atoms with E-state index in [1.807, 2.05) is 6.92 Å². The Morgan fingerprint density at radius 2 is 1.94 bits per heavy atom. The molecule has 10 heteroatoms. The smallest absolute Gasteiger partial charge is 0.324 e. The molecular weight excluding hydrogens is 420 g/mol. The molecule has 31 heavy (non-hydrogen) atoms. The molecule has 3 rings (SSSR count). The Kier molecular flexibility index (Phi) is 6.16. The van der Waals surface area contributed by atoms with Crippen LogP contribution < -0.4 is 10.6 Å². The number of amides is 4. The lowest BCUT2D eigenvalue weighted by molar-refractivity contribution is -0.136. The van der Waals surface area contributed by atoms with Gasteiger partial charge in [0.05, 0.1) is 4.90 Å². The van der Waals surface area contributed by atoms with Gasteiger partial charge in [0.1, 0.15) is 12.1 Å². The molecule has 4 amide bonds. The van der Waals surface area contributed by atoms with Crippen molar-refractivity contribution in [3.05, 3.63) is 23.3 Å². The molecule has 0 bridgehead atoms. The first kappa shape index (κ1) is 23.2. The van der Waals surface area contributed by atoms with Gasteiger partial charge in [-0.3, -0.25) is 14.5 Å². The molecule has 2 fully saturated rings. The standard InChI is InChI=1S/C21H30N4O5S/c1-13-10-16(31(29,30)24(4)5)11-17(15(13)3)22-18(26)12-25-19(27)21(23-20(25)28)9-7-6-8-14(21)2/h10-11,14H,6-9,12H2,1-5H3,(H,22,26)(H,23,28). The van der Waals surface area contributed by atoms with E-state index in [-0.39, 0.29) is 16.7 Å². The first-order chi connectivity index (χ1) is 14.4. The van der Waals surface area contributed by atoms with Crippen LogP contribution in [0, 0.1) is 19.8 Å². The molecule has 1 aliphatic carbocycles. The molecule has 0 aromatic heterocycles. The zero-order chi connectivity index (χ0) is 23.1. The van der Waals surface area contributed by atoms with E-state index in [1.54, 1.807) is 19.9 Å². The number of anilines is 1. The van der Waals surface area contributed by atoms with Gasteiger partial charge in [0, 0.05) is 19.8 Å². The molecule has 1 aromatic carbocycles. The summed E-state index contributed by atoms with van der Waals surface area (Å²) in [6, 6.07) is 2.38. The minimum Gasteiger partial charge on any atom is -0.324 e. The number of carbonyl (C=O) groups is 3. The van der Waals surface area contributed by atoms with Crippen LogP contribution in [-0.2, 0) is 19.6 Å². The second-order valence-corrected chi connectivity index (χ2v) is 10.8. The lowest BCUT2D eigenvalue weighted by Crippen LogP contribution is -2.54. The normalized spacial score (nSPS) is 24.1. The van der Waals surface area contributed by atoms with Gasteiger partial charge in [-0.1, -0.05) is 19.8 Å². The van der Waals surface area contributed by atoms with Crippen molar-refractivity contribution >= 4 is 33.6 Å². The highest BCUT2D eigenvalue weighted by Crippen LogP contribution is 2.38. The van der Waals surface area contributed by atoms with Crippen LogP contribution in [0.3, 0.4) is 0 Å². The quantitative estimate of drug-likeness (QED) is 0.666. The molecule has 1 saturated heterocycles. The molecule has 2 N–H and O–H groups in total. The fourth-order valence-electron chi connectivity index (χ4n) is 4.29. The zero-order valence-electron chi connectivity index (χ0n) is 18.6. The predicted octanol–water partition coefficient (Wildman–Crippen LogP) is 1.99. The molecular formula is C21H30N4O5S. The SMILES string of the molecule is Cc1cc(S(=O)(=O)N(C)C)cc(NC(=O)CN2C(=O)NC3(CCCCC3C)C2=O)c1C. The third kappa shape index (κ3) is 4.06. The summed E-state index contributed by atoms with van der Waals surface area (Å²) in [4.78, 5) is 39.3. The van der Waals surface area contributed by atoms with E-state index in [1.165, 1.54) is 20.2 Å². The number of nitrogens with zero attached hydrogens (tertiary/aromatic N) is 2. The first-order valence-corrected chi connectivity index (χ1v) is 11.8. The Morgan fingerprint density at radius 1 is 1.26 bits per heavy atom. The van der Waals surface area contributed by atoms with Crippen molar-refractivity contribution < 1.29 is 22.8 Å². The van der Waals surface area contributed by atoms with E-state index in [2.05, 4.69) is 10.6 Å². The Balaban J connectivity index is 1.81. The molecule has 2 atom stereocenters. The molecule has 1 aromatic rings. The van der Waals surface area contributed by atoms with E-state index in [9.17, 15) is 22.8 Å². The summed E-state index contributed by atoms with van der Waals surface area (Å²) in [5, 5.41) is 5.50. The average Bonchev–Trinajstić information content (AvgIpc) is 2.92. The van der Waals surface area contributed by atoms with Gasteiger partial charge in [0.2, 0.25) is 15.9 Å². The molecule has 1 spiro atoms. The van der Waals surface area contributed by atoms with Gasteiger partial charge in [-0.2, -0.15) is 0 Å². The first-order valence-electron chi connectivity index (χ1n) is 10.4. The van der Waals surface area contributed by atoms with Crippen LogP contribution in [0.15, 0.2) is 17.0 Å². The zero-order valence-corrected chi connectivity index (χ0v) is 19.4. The highest BCUT2D eigenvalue weighted by Gasteiger charge is 2.55. The maximum atomic E-state index is 13.1. The Labute approximate surface area is 183 Å². The van der Waals surface area contributed by atoms with Crippen molar-refractivity contribution in [3.63, 3.8) is 0 Å². The fourth-order valence-corrected chi connectivity index (χ4v) is 5.30. The van der Waals surface area contributed by atoms with Crippen LogP contribution >= 0.6 is 0 Å². The van der Waals surface area contributed by atoms with Gasteiger partial charge < -0.3 is 10.6 Å². The lowest BCUT2D eigenvalue weighted by atomic mass is 9.73. The van der Waals surface area contributed by atoms with E-state index >= 15 is 0 Å². The van der Waals surface area contributed by atoms with Gasteiger partial charge >= 0.3 is 6.03 Å². The van der Waals surface area contributed by atoms with Crippen LogP contribution in [0.2, 0.25) is 0 Å². The van der Waals surface area contributed by atoms with Crippen molar-refractivity contribution in [1.82, 2.24) is 14.5 Å². The maximum Gasteiger partial charge on any atom is 0.325 e. The van der Waals surface area contributed by atoms with Crippen LogP contribution in [-0.4, -0.2) is 61.6 Å². The summed E-state index contributed by atoms with van der Waals surface area (Å²) in [6.45, 7) is 5.04. The average molecular weight is 451 g/mol. The molecule has 2 aliphatic rings. The third-order valence-electron chi connectivity index (χ3n) is 6.50. The number of hydrogen-bond donors (Lipinski definition) is 2. The van der Waals surface area contributed by atoms with Gasteiger partial charge in [-0.05, 0) is 55.9 Å². The summed E-state index contributed by atoms with van der Waals surface area (Å²) in [7, 11) is -0.820. The number of sulfonamides is 1. The number of nitrogens with one attached hydrogen (secondary N) is 2. The van der Waals surface area contributed by atoms with Crippen LogP contribution in [0.5, 0.6) is 0 Å².